The van der Waals surface area contributed by atoms with E-state index in [2.05, 4.69) is 0 Å². The molecule has 0 radical (unpaired) electrons. The molecular formula is C32H25N3O9. The molecule has 1 aliphatic rings. The van der Waals surface area contributed by atoms with Crippen LogP contribution >= 0.6 is 0 Å². The molecule has 12 heteroatoms. The second kappa shape index (κ2) is 12.2. The van der Waals surface area contributed by atoms with Crippen LogP contribution in [-0.2, 0) is 24.7 Å². The van der Waals surface area contributed by atoms with Gasteiger partial charge >= 0.3 is 23.6 Å². The molecule has 0 bridgehead atoms. The molecule has 222 valence electrons. The van der Waals surface area contributed by atoms with Crippen molar-refractivity contribution in [1.29, 1.82) is 5.26 Å². The molecule has 44 heavy (non-hydrogen) atoms. The Labute approximate surface area is 250 Å². The van der Waals surface area contributed by atoms with Gasteiger partial charge in [-0.1, -0.05) is 54.6 Å². The fourth-order valence-electron chi connectivity index (χ4n) is 4.82. The van der Waals surface area contributed by atoms with Crippen LogP contribution in [0, 0.1) is 11.3 Å². The highest BCUT2D eigenvalue weighted by molar-refractivity contribution is 5.91. The average Bonchev–Trinajstić information content (AvgIpc) is 3.28. The number of aromatic nitrogens is 2. The van der Waals surface area contributed by atoms with E-state index in [9.17, 15) is 29.2 Å². The van der Waals surface area contributed by atoms with Crippen molar-refractivity contribution < 1.29 is 33.3 Å². The SMILES string of the molecule is CC1(COC(=O)c2ccccc2)O[C@@](C#N)(n2ccc(=O)[nH]c2=O)[C@H](OC(=O)c2ccccc2)[C@@H]1OC(=O)c1ccccc1. The number of hydrogen-bond donors (Lipinski definition) is 1. The van der Waals surface area contributed by atoms with Gasteiger partial charge in [-0.15, -0.1) is 0 Å². The Balaban J connectivity index is 1.62. The van der Waals surface area contributed by atoms with E-state index in [0.29, 0.717) is 0 Å². The summed E-state index contributed by atoms with van der Waals surface area (Å²) in [5.41, 5.74) is -5.78. The molecular weight excluding hydrogens is 570 g/mol. The van der Waals surface area contributed by atoms with Crippen molar-refractivity contribution in [2.75, 3.05) is 6.61 Å². The van der Waals surface area contributed by atoms with Gasteiger partial charge < -0.3 is 18.9 Å². The molecule has 1 aromatic heterocycles. The highest BCUT2D eigenvalue weighted by Gasteiger charge is 2.67. The lowest BCUT2D eigenvalue weighted by Crippen LogP contribution is -2.53. The smallest absolute Gasteiger partial charge is 0.338 e. The highest BCUT2D eigenvalue weighted by atomic mass is 16.7. The lowest BCUT2D eigenvalue weighted by Gasteiger charge is -2.30. The first kappa shape index (κ1) is 29.7. The van der Waals surface area contributed by atoms with Crippen molar-refractivity contribution in [3.8, 4) is 6.07 Å². The number of carbonyl (C=O) groups excluding carboxylic acids is 3. The van der Waals surface area contributed by atoms with E-state index in [4.69, 9.17) is 18.9 Å². The third-order valence-electron chi connectivity index (χ3n) is 6.98. The summed E-state index contributed by atoms with van der Waals surface area (Å²) in [5, 5.41) is 10.6. The zero-order valence-electron chi connectivity index (χ0n) is 23.2. The number of hydrogen-bond acceptors (Lipinski definition) is 10. The number of H-pyrrole nitrogens is 1. The second-order valence-electron chi connectivity index (χ2n) is 10.0. The van der Waals surface area contributed by atoms with Crippen LogP contribution < -0.4 is 11.2 Å². The highest BCUT2D eigenvalue weighted by Crippen LogP contribution is 2.45. The van der Waals surface area contributed by atoms with Crippen molar-refractivity contribution in [2.45, 2.75) is 30.5 Å². The average molecular weight is 596 g/mol. The summed E-state index contributed by atoms with van der Waals surface area (Å²) in [6.45, 7) is 0.780. The molecule has 3 aromatic carbocycles. The fraction of sp³-hybridized carbons (Fsp3) is 0.188. The van der Waals surface area contributed by atoms with Gasteiger partial charge in [0.1, 0.15) is 18.3 Å². The molecule has 4 aromatic rings. The molecule has 0 amide bonds. The van der Waals surface area contributed by atoms with E-state index in [1.807, 2.05) is 11.1 Å². The largest absolute Gasteiger partial charge is 0.459 e. The van der Waals surface area contributed by atoms with Crippen LogP contribution in [0.5, 0.6) is 0 Å². The van der Waals surface area contributed by atoms with E-state index in [1.54, 1.807) is 54.6 Å². The monoisotopic (exact) mass is 595 g/mol. The molecule has 1 N–H and O–H groups in total. The van der Waals surface area contributed by atoms with Crippen LogP contribution in [-0.4, -0.2) is 51.9 Å². The standard InChI is InChI=1S/C32H25N3O9/c1-31(20-41-27(37)21-11-5-2-6-12-21)25(42-28(38)22-13-7-3-8-14-22)26(43-29(39)23-15-9-4-10-16-23)32(19-33,44-31)35-18-17-24(36)34-30(35)40/h2-18,25-26H,20H2,1H3,(H,34,36,40)/t25-,26+,31?,32+/m0/s1. The molecule has 1 fully saturated rings. The zero-order valence-corrected chi connectivity index (χ0v) is 23.2. The molecule has 0 saturated carbocycles. The number of nitriles is 1. The Bertz CT molecular complexity index is 1830. The summed E-state index contributed by atoms with van der Waals surface area (Å²) in [4.78, 5) is 66.6. The number of benzene rings is 3. The van der Waals surface area contributed by atoms with Crippen LogP contribution in [0.15, 0.2) is 113 Å². The maximum absolute atomic E-state index is 13.4. The van der Waals surface area contributed by atoms with Gasteiger partial charge in [0.2, 0.25) is 6.10 Å². The van der Waals surface area contributed by atoms with Gasteiger partial charge in [-0.25, -0.2) is 19.2 Å². The van der Waals surface area contributed by atoms with Crippen LogP contribution in [0.3, 0.4) is 0 Å². The third-order valence-corrected chi connectivity index (χ3v) is 6.98. The van der Waals surface area contributed by atoms with Gasteiger partial charge in [0, 0.05) is 12.3 Å². The van der Waals surface area contributed by atoms with E-state index in [1.165, 1.54) is 43.3 Å². The van der Waals surface area contributed by atoms with Crippen molar-refractivity contribution in [1.82, 2.24) is 9.55 Å². The lowest BCUT2D eigenvalue weighted by atomic mass is 9.94. The number of ether oxygens (including phenoxy) is 4. The van der Waals surface area contributed by atoms with Crippen LogP contribution in [0.2, 0.25) is 0 Å². The van der Waals surface area contributed by atoms with Gasteiger partial charge in [0.15, 0.2) is 6.10 Å². The molecule has 12 nitrogen and oxygen atoms in total. The van der Waals surface area contributed by atoms with E-state index < -0.39 is 59.3 Å². The Morgan fingerprint density at radius 3 is 1.75 bits per heavy atom. The Kier molecular flexibility index (Phi) is 8.23. The summed E-state index contributed by atoms with van der Waals surface area (Å²) in [5.74, 6) is -2.55. The first-order valence-corrected chi connectivity index (χ1v) is 13.3. The summed E-state index contributed by atoms with van der Waals surface area (Å²) in [7, 11) is 0. The van der Waals surface area contributed by atoms with Gasteiger partial charge in [0.05, 0.1) is 16.7 Å². The lowest BCUT2D eigenvalue weighted by molar-refractivity contribution is -0.155. The minimum absolute atomic E-state index is 0.0883. The van der Waals surface area contributed by atoms with Crippen LogP contribution in [0.25, 0.3) is 0 Å². The van der Waals surface area contributed by atoms with Gasteiger partial charge in [-0.2, -0.15) is 5.26 Å². The Morgan fingerprint density at radius 1 is 0.795 bits per heavy atom. The summed E-state index contributed by atoms with van der Waals surface area (Å²) >= 11 is 0. The van der Waals surface area contributed by atoms with E-state index in [0.717, 1.165) is 16.8 Å². The van der Waals surface area contributed by atoms with Crippen molar-refractivity contribution in [3.05, 3.63) is 141 Å². The second-order valence-corrected chi connectivity index (χ2v) is 10.0. The first-order chi connectivity index (χ1) is 21.2. The quantitative estimate of drug-likeness (QED) is 0.236. The third kappa shape index (κ3) is 5.77. The zero-order chi connectivity index (χ0) is 31.3. The number of esters is 3. The summed E-state index contributed by atoms with van der Waals surface area (Å²) < 4.78 is 24.2. The van der Waals surface area contributed by atoms with Crippen molar-refractivity contribution in [2.24, 2.45) is 0 Å². The van der Waals surface area contributed by atoms with Crippen molar-refractivity contribution >= 4 is 17.9 Å². The molecule has 1 saturated heterocycles. The number of nitrogens with zero attached hydrogens (tertiary/aromatic N) is 2. The molecule has 5 rings (SSSR count). The number of nitrogens with one attached hydrogen (secondary N) is 1. The Morgan fingerprint density at radius 2 is 1.27 bits per heavy atom. The maximum atomic E-state index is 13.4. The normalized spacial score (nSPS) is 22.4. The van der Waals surface area contributed by atoms with Crippen LogP contribution in [0.4, 0.5) is 0 Å². The van der Waals surface area contributed by atoms with Crippen LogP contribution in [0.1, 0.15) is 38.0 Å². The molecule has 4 atom stereocenters. The first-order valence-electron chi connectivity index (χ1n) is 13.3. The maximum Gasteiger partial charge on any atom is 0.338 e. The minimum atomic E-state index is -2.50. The molecule has 1 aliphatic heterocycles. The topological polar surface area (TPSA) is 167 Å². The minimum Gasteiger partial charge on any atom is -0.459 e. The molecule has 1 unspecified atom stereocenters. The van der Waals surface area contributed by atoms with Gasteiger partial charge in [-0.05, 0) is 43.3 Å². The van der Waals surface area contributed by atoms with Crippen molar-refractivity contribution in [3.63, 3.8) is 0 Å². The number of carbonyl (C=O) groups is 3. The van der Waals surface area contributed by atoms with Gasteiger partial charge in [-0.3, -0.25) is 14.3 Å². The van der Waals surface area contributed by atoms with E-state index >= 15 is 0 Å². The number of rotatable bonds is 8. The predicted molar refractivity (Wildman–Crippen MR) is 152 cm³/mol. The predicted octanol–water partition coefficient (Wildman–Crippen LogP) is 2.81. The summed E-state index contributed by atoms with van der Waals surface area (Å²) in [6, 6.07) is 26.5. The molecule has 0 aliphatic carbocycles. The number of aromatic amines is 1. The fourth-order valence-corrected chi connectivity index (χ4v) is 4.82. The van der Waals surface area contributed by atoms with Gasteiger partial charge in [0.25, 0.3) is 11.3 Å². The molecule has 2 heterocycles. The Hall–Kier alpha value is -5.80. The van der Waals surface area contributed by atoms with E-state index in [-0.39, 0.29) is 16.7 Å². The molecule has 0 spiro atoms. The summed E-state index contributed by atoms with van der Waals surface area (Å²) in [6.07, 6.45) is -2.44.